The van der Waals surface area contributed by atoms with Gasteiger partial charge in [-0.15, -0.1) is 0 Å². The molecule has 0 N–H and O–H groups in total. The Labute approximate surface area is 114 Å². The van der Waals surface area contributed by atoms with Gasteiger partial charge in [-0.05, 0) is 17.7 Å². The van der Waals surface area contributed by atoms with Crippen molar-refractivity contribution in [2.75, 3.05) is 7.11 Å². The lowest BCUT2D eigenvalue weighted by molar-refractivity contribution is -0.179. The van der Waals surface area contributed by atoms with Crippen LogP contribution < -0.4 is 0 Å². The van der Waals surface area contributed by atoms with Gasteiger partial charge in [-0.1, -0.05) is 6.07 Å². The molecule has 1 fully saturated rings. The number of rotatable bonds is 3. The minimum atomic E-state index is -0.526. The molecule has 3 heterocycles. The lowest BCUT2D eigenvalue weighted by Crippen LogP contribution is -2.28. The Balaban J connectivity index is 1.85. The van der Waals surface area contributed by atoms with E-state index in [1.54, 1.807) is 41.5 Å². The third-order valence-electron chi connectivity index (χ3n) is 3.20. The molecule has 0 saturated carbocycles. The van der Waals surface area contributed by atoms with Crippen LogP contribution in [-0.4, -0.2) is 38.8 Å². The summed E-state index contributed by atoms with van der Waals surface area (Å²) in [6.45, 7) is 0. The van der Waals surface area contributed by atoms with E-state index in [0.29, 0.717) is 11.4 Å². The Morgan fingerprint density at radius 2 is 2.20 bits per heavy atom. The highest BCUT2D eigenvalue weighted by Gasteiger charge is 2.40. The fourth-order valence-electron chi connectivity index (χ4n) is 2.20. The molecule has 20 heavy (non-hydrogen) atoms. The van der Waals surface area contributed by atoms with Crippen LogP contribution in [0.15, 0.2) is 36.8 Å². The molecular formula is C13H12N4O3. The van der Waals surface area contributed by atoms with Gasteiger partial charge in [-0.25, -0.2) is 9.67 Å². The number of imide groups is 1. The van der Waals surface area contributed by atoms with E-state index in [0.717, 1.165) is 5.06 Å². The predicted octanol–water partition coefficient (Wildman–Crippen LogP) is 0.671. The van der Waals surface area contributed by atoms with E-state index < -0.39 is 5.92 Å². The van der Waals surface area contributed by atoms with Gasteiger partial charge in [-0.2, -0.15) is 10.2 Å². The smallest absolute Gasteiger partial charge is 0.261 e. The summed E-state index contributed by atoms with van der Waals surface area (Å²) in [5.74, 6) is -0.564. The molecule has 7 nitrogen and oxygen atoms in total. The molecule has 0 spiro atoms. The second kappa shape index (κ2) is 4.86. The molecule has 1 unspecified atom stereocenters. The lowest BCUT2D eigenvalue weighted by Gasteiger charge is -2.11. The van der Waals surface area contributed by atoms with Crippen molar-refractivity contribution in [3.05, 3.63) is 42.4 Å². The molecule has 2 amide bonds. The number of amides is 2. The van der Waals surface area contributed by atoms with Crippen molar-refractivity contribution in [2.45, 2.75) is 12.3 Å². The van der Waals surface area contributed by atoms with Crippen LogP contribution in [0.4, 0.5) is 0 Å². The zero-order valence-electron chi connectivity index (χ0n) is 10.8. The van der Waals surface area contributed by atoms with Crippen LogP contribution in [0.3, 0.4) is 0 Å². The van der Waals surface area contributed by atoms with E-state index in [1.165, 1.54) is 7.11 Å². The van der Waals surface area contributed by atoms with E-state index in [9.17, 15) is 9.59 Å². The predicted molar refractivity (Wildman–Crippen MR) is 67.6 cm³/mol. The zero-order chi connectivity index (χ0) is 14.1. The summed E-state index contributed by atoms with van der Waals surface area (Å²) in [6.07, 6.45) is 5.13. The van der Waals surface area contributed by atoms with E-state index in [1.807, 2.05) is 0 Å². The minimum Gasteiger partial charge on any atom is -0.272 e. The summed E-state index contributed by atoms with van der Waals surface area (Å²) < 4.78 is 1.62. The molecule has 0 bridgehead atoms. The second-order valence-electron chi connectivity index (χ2n) is 4.37. The van der Waals surface area contributed by atoms with Crippen LogP contribution in [0.1, 0.15) is 17.9 Å². The van der Waals surface area contributed by atoms with Gasteiger partial charge < -0.3 is 0 Å². The van der Waals surface area contributed by atoms with Crippen molar-refractivity contribution in [1.29, 1.82) is 0 Å². The van der Waals surface area contributed by atoms with Gasteiger partial charge in [-0.3, -0.25) is 14.4 Å². The first-order valence-electron chi connectivity index (χ1n) is 6.07. The molecular weight excluding hydrogens is 260 g/mol. The quantitative estimate of drug-likeness (QED) is 0.767. The maximum Gasteiger partial charge on any atom is 0.261 e. The standard InChI is InChI=1S/C13H12N4O3/c1-20-17-12(18)7-10(13(17)19)9-3-4-11(14-8-9)16-6-2-5-15-16/h2-6,8,10H,7H2,1H3. The molecule has 0 aliphatic carbocycles. The number of nitrogens with zero attached hydrogens (tertiary/aromatic N) is 4. The van der Waals surface area contributed by atoms with E-state index >= 15 is 0 Å². The van der Waals surface area contributed by atoms with Crippen molar-refractivity contribution >= 4 is 11.8 Å². The molecule has 1 aliphatic heterocycles. The fraction of sp³-hybridized carbons (Fsp3) is 0.231. The molecule has 7 heteroatoms. The number of hydrogen-bond donors (Lipinski definition) is 0. The van der Waals surface area contributed by atoms with Gasteiger partial charge in [0.25, 0.3) is 11.8 Å². The minimum absolute atomic E-state index is 0.107. The van der Waals surface area contributed by atoms with Gasteiger partial charge in [0, 0.05) is 25.0 Å². The molecule has 102 valence electrons. The van der Waals surface area contributed by atoms with Crippen LogP contribution in [0.25, 0.3) is 5.82 Å². The largest absolute Gasteiger partial charge is 0.272 e. The highest BCUT2D eigenvalue weighted by molar-refractivity contribution is 6.05. The number of hydrogen-bond acceptors (Lipinski definition) is 5. The van der Waals surface area contributed by atoms with Gasteiger partial charge in [0.05, 0.1) is 13.0 Å². The van der Waals surface area contributed by atoms with Crippen LogP contribution in [-0.2, 0) is 14.4 Å². The molecule has 1 saturated heterocycles. The van der Waals surface area contributed by atoms with E-state index in [2.05, 4.69) is 10.1 Å². The number of carbonyl (C=O) groups is 2. The van der Waals surface area contributed by atoms with Gasteiger partial charge in [0.1, 0.15) is 0 Å². The van der Waals surface area contributed by atoms with Crippen molar-refractivity contribution in [3.63, 3.8) is 0 Å². The van der Waals surface area contributed by atoms with Crippen molar-refractivity contribution in [1.82, 2.24) is 19.8 Å². The highest BCUT2D eigenvalue weighted by Crippen LogP contribution is 2.29. The first-order valence-corrected chi connectivity index (χ1v) is 6.07. The van der Waals surface area contributed by atoms with Gasteiger partial charge >= 0.3 is 0 Å². The van der Waals surface area contributed by atoms with Crippen molar-refractivity contribution in [2.24, 2.45) is 0 Å². The average molecular weight is 272 g/mol. The normalized spacial score (nSPS) is 18.9. The summed E-state index contributed by atoms with van der Waals surface area (Å²) in [7, 11) is 1.30. The number of hydroxylamine groups is 2. The van der Waals surface area contributed by atoms with Crippen molar-refractivity contribution in [3.8, 4) is 5.82 Å². The summed E-state index contributed by atoms with van der Waals surface area (Å²) >= 11 is 0. The third-order valence-corrected chi connectivity index (χ3v) is 3.20. The average Bonchev–Trinajstić information content (AvgIpc) is 3.08. The Bertz CT molecular complexity index is 636. The summed E-state index contributed by atoms with van der Waals surface area (Å²) in [4.78, 5) is 32.6. The summed E-state index contributed by atoms with van der Waals surface area (Å²) in [6, 6.07) is 5.33. The van der Waals surface area contributed by atoms with Gasteiger partial charge in [0.2, 0.25) is 0 Å². The Kier molecular flexibility index (Phi) is 3.03. The Morgan fingerprint density at radius 1 is 1.35 bits per heavy atom. The number of pyridine rings is 1. The molecule has 0 radical (unpaired) electrons. The van der Waals surface area contributed by atoms with E-state index in [4.69, 9.17) is 4.84 Å². The monoisotopic (exact) mass is 272 g/mol. The van der Waals surface area contributed by atoms with Crippen LogP contribution in [0.2, 0.25) is 0 Å². The SMILES string of the molecule is CON1C(=O)CC(c2ccc(-n3cccn3)nc2)C1=O. The van der Waals surface area contributed by atoms with E-state index in [-0.39, 0.29) is 18.2 Å². The second-order valence-corrected chi connectivity index (χ2v) is 4.37. The highest BCUT2D eigenvalue weighted by atomic mass is 16.7. The first-order chi connectivity index (χ1) is 9.70. The lowest BCUT2D eigenvalue weighted by atomic mass is 9.99. The summed E-state index contributed by atoms with van der Waals surface area (Å²) in [5, 5.41) is 4.87. The van der Waals surface area contributed by atoms with Crippen LogP contribution >= 0.6 is 0 Å². The zero-order valence-corrected chi connectivity index (χ0v) is 10.8. The summed E-state index contributed by atoms with van der Waals surface area (Å²) in [5.41, 5.74) is 0.693. The Morgan fingerprint density at radius 3 is 2.75 bits per heavy atom. The third kappa shape index (κ3) is 1.97. The molecule has 2 aromatic rings. The molecule has 2 aromatic heterocycles. The van der Waals surface area contributed by atoms with Crippen LogP contribution in [0, 0.1) is 0 Å². The maximum absolute atomic E-state index is 12.0. The molecule has 0 aromatic carbocycles. The first kappa shape index (κ1) is 12.5. The van der Waals surface area contributed by atoms with Gasteiger partial charge in [0.15, 0.2) is 5.82 Å². The van der Waals surface area contributed by atoms with Crippen molar-refractivity contribution < 1.29 is 14.4 Å². The molecule has 1 aliphatic rings. The maximum atomic E-state index is 12.0. The Hall–Kier alpha value is -2.54. The molecule has 1 atom stereocenters. The fourth-order valence-corrected chi connectivity index (χ4v) is 2.20. The number of aromatic nitrogens is 3. The molecule has 3 rings (SSSR count). The number of carbonyl (C=O) groups excluding carboxylic acids is 2. The van der Waals surface area contributed by atoms with Crippen LogP contribution in [0.5, 0.6) is 0 Å². The topological polar surface area (TPSA) is 77.3 Å².